The Morgan fingerprint density at radius 3 is 2.46 bits per heavy atom. The van der Waals surface area contributed by atoms with Gasteiger partial charge in [0.05, 0.1) is 18.9 Å². The lowest BCUT2D eigenvalue weighted by Crippen LogP contribution is -2.44. The number of nitrogens with zero attached hydrogens (tertiary/aromatic N) is 1. The van der Waals surface area contributed by atoms with E-state index in [9.17, 15) is 18.4 Å². The molecule has 1 N–H and O–H groups in total. The quantitative estimate of drug-likeness (QED) is 0.822. The number of alkyl halides is 2. The fourth-order valence-corrected chi connectivity index (χ4v) is 2.73. The summed E-state index contributed by atoms with van der Waals surface area (Å²) in [5, 5.41) is 9.03. The van der Waals surface area contributed by atoms with Crippen LogP contribution in [0.5, 0.6) is 11.5 Å². The van der Waals surface area contributed by atoms with Crippen LogP contribution in [0.25, 0.3) is 0 Å². The molecule has 0 aliphatic heterocycles. The lowest BCUT2D eigenvalue weighted by Gasteiger charge is -2.35. The van der Waals surface area contributed by atoms with E-state index in [0.717, 1.165) is 0 Å². The van der Waals surface area contributed by atoms with Gasteiger partial charge in [-0.1, -0.05) is 6.07 Å². The van der Waals surface area contributed by atoms with E-state index in [2.05, 4.69) is 4.74 Å². The molecule has 1 aromatic rings. The highest BCUT2D eigenvalue weighted by Crippen LogP contribution is 2.36. The van der Waals surface area contributed by atoms with Crippen molar-refractivity contribution in [2.45, 2.75) is 26.0 Å². The Hall–Kier alpha value is -2.38. The molecular formula is C16H19F2NO5. The third-order valence-corrected chi connectivity index (χ3v) is 4.15. The van der Waals surface area contributed by atoms with Crippen molar-refractivity contribution < 1.29 is 33.0 Å². The van der Waals surface area contributed by atoms with E-state index in [-0.39, 0.29) is 24.0 Å². The molecule has 0 heterocycles. The minimum atomic E-state index is -2.99. The number of carboxylic acid groups (broad SMARTS) is 1. The van der Waals surface area contributed by atoms with Crippen molar-refractivity contribution >= 4 is 11.9 Å². The lowest BCUT2D eigenvalue weighted by atomic mass is 9.73. The zero-order chi connectivity index (χ0) is 17.9. The number of hydrogen-bond acceptors (Lipinski definition) is 4. The fraction of sp³-hybridized carbons (Fsp3) is 0.500. The van der Waals surface area contributed by atoms with Crippen LogP contribution in [0.3, 0.4) is 0 Å². The molecule has 0 bridgehead atoms. The zero-order valence-electron chi connectivity index (χ0n) is 13.4. The number of rotatable bonds is 7. The van der Waals surface area contributed by atoms with Crippen molar-refractivity contribution in [1.29, 1.82) is 0 Å². The first kappa shape index (κ1) is 18.0. The Bertz CT molecular complexity index is 622. The normalized spacial score (nSPS) is 19.5. The van der Waals surface area contributed by atoms with E-state index in [1.807, 2.05) is 0 Å². The standard InChI is InChI=1S/C16H19F2NO5/c1-19(14(20)10-4-5-11(10)15(21)22)8-9-3-6-12(23-2)13(7-9)24-16(17)18/h3,6-7,10-11,16H,4-5,8H2,1-2H3,(H,21,22). The van der Waals surface area contributed by atoms with Crippen molar-refractivity contribution in [1.82, 2.24) is 4.90 Å². The van der Waals surface area contributed by atoms with E-state index >= 15 is 0 Å². The monoisotopic (exact) mass is 343 g/mol. The molecule has 24 heavy (non-hydrogen) atoms. The molecule has 8 heteroatoms. The molecule has 1 aliphatic rings. The average Bonchev–Trinajstić information content (AvgIpc) is 2.45. The molecule has 2 rings (SSSR count). The summed E-state index contributed by atoms with van der Waals surface area (Å²) >= 11 is 0. The van der Waals surface area contributed by atoms with Crippen LogP contribution in [0.2, 0.25) is 0 Å². The highest BCUT2D eigenvalue weighted by atomic mass is 19.3. The van der Waals surface area contributed by atoms with Gasteiger partial charge in [0.1, 0.15) is 0 Å². The first-order valence-electron chi connectivity index (χ1n) is 7.43. The zero-order valence-corrected chi connectivity index (χ0v) is 13.4. The number of halogens is 2. The summed E-state index contributed by atoms with van der Waals surface area (Å²) in [6.07, 6.45) is 1.04. The van der Waals surface area contributed by atoms with E-state index in [0.29, 0.717) is 18.4 Å². The molecule has 2 unspecified atom stereocenters. The van der Waals surface area contributed by atoms with Crippen molar-refractivity contribution in [3.05, 3.63) is 23.8 Å². The second kappa shape index (κ2) is 7.46. The van der Waals surface area contributed by atoms with Crippen LogP contribution in [-0.4, -0.2) is 42.7 Å². The van der Waals surface area contributed by atoms with Gasteiger partial charge in [0.15, 0.2) is 11.5 Å². The summed E-state index contributed by atoms with van der Waals surface area (Å²) < 4.78 is 34.2. The smallest absolute Gasteiger partial charge is 0.387 e. The van der Waals surface area contributed by atoms with E-state index in [1.54, 1.807) is 13.1 Å². The maximum Gasteiger partial charge on any atom is 0.387 e. The van der Waals surface area contributed by atoms with Gasteiger partial charge >= 0.3 is 12.6 Å². The summed E-state index contributed by atoms with van der Waals surface area (Å²) in [5.41, 5.74) is 0.577. The molecule has 1 fully saturated rings. The third kappa shape index (κ3) is 3.93. The largest absolute Gasteiger partial charge is 0.493 e. The molecule has 1 aromatic carbocycles. The molecule has 132 valence electrons. The minimum Gasteiger partial charge on any atom is -0.493 e. The summed E-state index contributed by atoms with van der Waals surface area (Å²) in [5.74, 6) is -2.35. The van der Waals surface area contributed by atoms with Crippen molar-refractivity contribution in [3.63, 3.8) is 0 Å². The van der Waals surface area contributed by atoms with Crippen molar-refractivity contribution in [2.24, 2.45) is 11.8 Å². The van der Waals surface area contributed by atoms with Gasteiger partial charge in [0.2, 0.25) is 5.91 Å². The first-order valence-corrected chi connectivity index (χ1v) is 7.43. The van der Waals surface area contributed by atoms with Gasteiger partial charge < -0.3 is 19.5 Å². The number of carbonyl (C=O) groups excluding carboxylic acids is 1. The Morgan fingerprint density at radius 1 is 1.29 bits per heavy atom. The summed E-state index contributed by atoms with van der Waals surface area (Å²) in [6, 6.07) is 4.50. The molecule has 1 aliphatic carbocycles. The lowest BCUT2D eigenvalue weighted by molar-refractivity contribution is -0.156. The first-order chi connectivity index (χ1) is 11.3. The van der Waals surface area contributed by atoms with E-state index in [1.165, 1.54) is 24.1 Å². The molecule has 0 spiro atoms. The highest BCUT2D eigenvalue weighted by Gasteiger charge is 2.42. The second-order valence-corrected chi connectivity index (χ2v) is 5.69. The summed E-state index contributed by atoms with van der Waals surface area (Å²) in [7, 11) is 2.89. The fourth-order valence-electron chi connectivity index (χ4n) is 2.73. The van der Waals surface area contributed by atoms with Crippen LogP contribution in [0.15, 0.2) is 18.2 Å². The van der Waals surface area contributed by atoms with Gasteiger partial charge in [-0.05, 0) is 30.5 Å². The van der Waals surface area contributed by atoms with Crippen LogP contribution >= 0.6 is 0 Å². The van der Waals surface area contributed by atoms with Gasteiger partial charge in [0.25, 0.3) is 0 Å². The van der Waals surface area contributed by atoms with Gasteiger partial charge in [-0.25, -0.2) is 0 Å². The number of aliphatic carboxylic acids is 1. The maximum absolute atomic E-state index is 12.4. The Kier molecular flexibility index (Phi) is 5.58. The second-order valence-electron chi connectivity index (χ2n) is 5.69. The molecule has 0 saturated heterocycles. The Morgan fingerprint density at radius 2 is 1.96 bits per heavy atom. The number of carbonyl (C=O) groups is 2. The van der Waals surface area contributed by atoms with Crippen LogP contribution in [0, 0.1) is 11.8 Å². The summed E-state index contributed by atoms with van der Waals surface area (Å²) in [4.78, 5) is 24.7. The van der Waals surface area contributed by atoms with Gasteiger partial charge in [-0.2, -0.15) is 8.78 Å². The molecule has 2 atom stereocenters. The van der Waals surface area contributed by atoms with Crippen LogP contribution in [0.4, 0.5) is 8.78 Å². The van der Waals surface area contributed by atoms with Crippen molar-refractivity contribution in [2.75, 3.05) is 14.2 Å². The maximum atomic E-state index is 12.4. The van der Waals surface area contributed by atoms with E-state index in [4.69, 9.17) is 9.84 Å². The minimum absolute atomic E-state index is 0.113. The number of amides is 1. The molecule has 1 saturated carbocycles. The van der Waals surface area contributed by atoms with Crippen LogP contribution < -0.4 is 9.47 Å². The van der Waals surface area contributed by atoms with E-state index < -0.39 is 24.4 Å². The predicted octanol–water partition coefficient (Wildman–Crippen LogP) is 2.37. The third-order valence-electron chi connectivity index (χ3n) is 4.15. The number of benzene rings is 1. The van der Waals surface area contributed by atoms with Crippen LogP contribution in [0.1, 0.15) is 18.4 Å². The molecule has 1 amide bonds. The number of hydrogen-bond donors (Lipinski definition) is 1. The topological polar surface area (TPSA) is 76.1 Å². The molecule has 6 nitrogen and oxygen atoms in total. The SMILES string of the molecule is COc1ccc(CN(C)C(=O)C2CCC2C(=O)O)cc1OC(F)F. The van der Waals surface area contributed by atoms with Gasteiger partial charge in [-0.15, -0.1) is 0 Å². The highest BCUT2D eigenvalue weighted by molar-refractivity contribution is 5.86. The van der Waals surface area contributed by atoms with Crippen molar-refractivity contribution in [3.8, 4) is 11.5 Å². The number of carboxylic acids is 1. The Balaban J connectivity index is 2.07. The molecular weight excluding hydrogens is 324 g/mol. The summed E-state index contributed by atoms with van der Waals surface area (Å²) in [6.45, 7) is -2.83. The Labute approximate surface area is 138 Å². The molecule has 0 aromatic heterocycles. The average molecular weight is 343 g/mol. The number of ether oxygens (including phenoxy) is 2. The van der Waals surface area contributed by atoms with Crippen LogP contribution in [-0.2, 0) is 16.1 Å². The predicted molar refractivity (Wildman–Crippen MR) is 79.9 cm³/mol. The molecule has 0 radical (unpaired) electrons. The number of methoxy groups -OCH3 is 1. The van der Waals surface area contributed by atoms with Gasteiger partial charge in [0, 0.05) is 13.6 Å². The van der Waals surface area contributed by atoms with Gasteiger partial charge in [-0.3, -0.25) is 9.59 Å².